The maximum absolute atomic E-state index is 10.4. The van der Waals surface area contributed by atoms with Crippen LogP contribution in [0.4, 0.5) is 4.79 Å². The lowest BCUT2D eigenvalue weighted by Gasteiger charge is -2.06. The van der Waals surface area contributed by atoms with Crippen molar-refractivity contribution < 1.29 is 4.79 Å². The van der Waals surface area contributed by atoms with E-state index in [1.807, 2.05) is 0 Å². The van der Waals surface area contributed by atoms with E-state index >= 15 is 0 Å². The number of carbonyl (C=O) groups excluding carboxylic acids is 1. The number of nitrogens with zero attached hydrogens (tertiary/aromatic N) is 2. The van der Waals surface area contributed by atoms with Crippen LogP contribution in [0, 0.1) is 4.91 Å². The van der Waals surface area contributed by atoms with Gasteiger partial charge in [0.2, 0.25) is 0 Å². The van der Waals surface area contributed by atoms with Gasteiger partial charge in [0.15, 0.2) is 0 Å². The molecule has 52 valence electrons. The molecule has 0 aliphatic heterocycles. The highest BCUT2D eigenvalue weighted by Crippen LogP contribution is 1.91. The van der Waals surface area contributed by atoms with Gasteiger partial charge in [0.1, 0.15) is 0 Å². The van der Waals surface area contributed by atoms with Crippen molar-refractivity contribution in [2.24, 2.45) is 5.29 Å². The predicted molar refractivity (Wildman–Crippen MR) is 32.6 cm³/mol. The van der Waals surface area contributed by atoms with Gasteiger partial charge in [0.05, 0.1) is 5.29 Å². The van der Waals surface area contributed by atoms with Crippen LogP contribution in [0.15, 0.2) is 5.29 Å². The topological polar surface area (TPSA) is 61.8 Å². The number of nitroso groups, excluding NO2 is 1. The van der Waals surface area contributed by atoms with Gasteiger partial charge in [-0.05, 0) is 6.92 Å². The first-order chi connectivity index (χ1) is 4.22. The third-order valence-corrected chi connectivity index (χ3v) is 1.03. The van der Waals surface area contributed by atoms with Gasteiger partial charge < -0.3 is 0 Å². The average molecular weight is 152 g/mol. The van der Waals surface area contributed by atoms with Crippen LogP contribution in [0.25, 0.3) is 0 Å². The van der Waals surface area contributed by atoms with E-state index < -0.39 is 6.03 Å². The molecule has 0 atom stereocenters. The summed E-state index contributed by atoms with van der Waals surface area (Å²) in [7, 11) is 0. The van der Waals surface area contributed by atoms with E-state index in [4.69, 9.17) is 11.8 Å². The molecule has 0 aliphatic carbocycles. The van der Waals surface area contributed by atoms with Gasteiger partial charge in [-0.3, -0.25) is 0 Å². The Bertz CT molecular complexity index is 118. The Balaban J connectivity index is 3.58. The summed E-state index contributed by atoms with van der Waals surface area (Å²) in [4.78, 5) is 19.7. The molecule has 2 amide bonds. The van der Waals surface area contributed by atoms with Crippen LogP contribution in [0.5, 0.6) is 0 Å². The molecule has 9 heavy (non-hydrogen) atoms. The first-order valence-corrected chi connectivity index (χ1v) is 2.61. The summed E-state index contributed by atoms with van der Waals surface area (Å²) in [6.07, 6.45) is 0. The zero-order valence-corrected chi connectivity index (χ0v) is 5.55. The average Bonchev–Trinajstić information content (AvgIpc) is 1.87. The van der Waals surface area contributed by atoms with E-state index in [0.29, 0.717) is 6.54 Å². The number of nitrogens with one attached hydrogen (secondary N) is 1. The number of rotatable bonds is 2. The van der Waals surface area contributed by atoms with Crippen LogP contribution in [-0.2, 0) is 0 Å². The molecule has 0 radical (unpaired) electrons. The zero-order valence-electron chi connectivity index (χ0n) is 4.80. The standard InChI is InChI=1S/C3H6ClN3O2/c1-2-7(4)3(8)5-6-9/h2H2,1H3,(H,5,8,9). The highest BCUT2D eigenvalue weighted by molar-refractivity contribution is 6.20. The zero-order chi connectivity index (χ0) is 7.28. The van der Waals surface area contributed by atoms with Gasteiger partial charge in [0, 0.05) is 18.3 Å². The molecular formula is C3H6ClN3O2. The highest BCUT2D eigenvalue weighted by Gasteiger charge is 2.05. The van der Waals surface area contributed by atoms with Crippen LogP contribution in [0.1, 0.15) is 6.92 Å². The summed E-state index contributed by atoms with van der Waals surface area (Å²) in [6.45, 7) is 1.99. The fourth-order valence-electron chi connectivity index (χ4n) is 0.237. The Morgan fingerprint density at radius 1 is 1.89 bits per heavy atom. The molecule has 0 aliphatic rings. The van der Waals surface area contributed by atoms with E-state index in [1.54, 1.807) is 12.3 Å². The van der Waals surface area contributed by atoms with Crippen molar-refractivity contribution in [1.29, 1.82) is 0 Å². The Morgan fingerprint density at radius 3 is 2.78 bits per heavy atom. The third-order valence-electron chi connectivity index (χ3n) is 0.639. The van der Waals surface area contributed by atoms with Crippen molar-refractivity contribution in [3.8, 4) is 0 Å². The second kappa shape index (κ2) is 4.08. The van der Waals surface area contributed by atoms with Gasteiger partial charge in [0.25, 0.3) is 0 Å². The van der Waals surface area contributed by atoms with Crippen molar-refractivity contribution in [3.05, 3.63) is 4.91 Å². The molecule has 0 aromatic carbocycles. The van der Waals surface area contributed by atoms with Gasteiger partial charge in [-0.15, -0.1) is 4.91 Å². The summed E-state index contributed by atoms with van der Waals surface area (Å²) in [5.74, 6) is 0. The molecule has 6 heteroatoms. The monoisotopic (exact) mass is 151 g/mol. The summed E-state index contributed by atoms with van der Waals surface area (Å²) < 4.78 is 0.807. The van der Waals surface area contributed by atoms with Crippen molar-refractivity contribution >= 4 is 17.8 Å². The molecule has 0 heterocycles. The molecular weight excluding hydrogens is 146 g/mol. The van der Waals surface area contributed by atoms with E-state index in [-0.39, 0.29) is 0 Å². The molecule has 0 aromatic heterocycles. The maximum Gasteiger partial charge on any atom is 0.354 e. The molecule has 1 N–H and O–H groups in total. The van der Waals surface area contributed by atoms with Crippen LogP contribution >= 0.6 is 11.8 Å². The van der Waals surface area contributed by atoms with Gasteiger partial charge in [-0.2, -0.15) is 5.43 Å². The van der Waals surface area contributed by atoms with Gasteiger partial charge in [-0.25, -0.2) is 9.21 Å². The minimum Gasteiger partial charge on any atom is -0.245 e. The Kier molecular flexibility index (Phi) is 3.70. The van der Waals surface area contributed by atoms with Crippen LogP contribution < -0.4 is 5.43 Å². The minimum absolute atomic E-state index is 0.322. The second-order valence-electron chi connectivity index (χ2n) is 1.19. The predicted octanol–water partition coefficient (Wildman–Crippen LogP) is 0.853. The summed E-state index contributed by atoms with van der Waals surface area (Å²) in [6, 6.07) is -0.714. The third kappa shape index (κ3) is 2.86. The maximum atomic E-state index is 10.4. The number of carbonyl (C=O) groups is 1. The SMILES string of the molecule is CCN(Cl)C(=O)NN=O. The molecule has 0 saturated heterocycles. The van der Waals surface area contributed by atoms with Crippen molar-refractivity contribution in [2.75, 3.05) is 6.54 Å². The Morgan fingerprint density at radius 2 is 2.44 bits per heavy atom. The molecule has 0 unspecified atom stereocenters. The summed E-state index contributed by atoms with van der Waals surface area (Å²) in [5.41, 5.74) is 1.62. The van der Waals surface area contributed by atoms with Gasteiger partial charge >= 0.3 is 6.03 Å². The van der Waals surface area contributed by atoms with Crippen LogP contribution in [0.2, 0.25) is 0 Å². The first-order valence-electron chi connectivity index (χ1n) is 2.28. The molecule has 0 spiro atoms. The number of amides is 2. The number of hydrogen-bond donors (Lipinski definition) is 1. The molecule has 5 nitrogen and oxygen atoms in total. The molecule has 0 bridgehead atoms. The fraction of sp³-hybridized carbons (Fsp3) is 0.667. The molecule has 0 aromatic rings. The molecule has 0 saturated carbocycles. The largest absolute Gasteiger partial charge is 0.354 e. The van der Waals surface area contributed by atoms with Crippen molar-refractivity contribution in [2.45, 2.75) is 6.92 Å². The summed E-state index contributed by atoms with van der Waals surface area (Å²) in [5, 5.41) is 2.13. The number of urea groups is 1. The fourth-order valence-corrected chi connectivity index (χ4v) is 0.275. The Hall–Kier alpha value is -0.840. The number of halogens is 1. The first kappa shape index (κ1) is 8.16. The molecule has 0 fully saturated rings. The van der Waals surface area contributed by atoms with Crippen molar-refractivity contribution in [3.63, 3.8) is 0 Å². The van der Waals surface area contributed by atoms with Crippen LogP contribution in [0.3, 0.4) is 0 Å². The molecule has 0 rings (SSSR count). The van der Waals surface area contributed by atoms with E-state index in [2.05, 4.69) is 5.29 Å². The van der Waals surface area contributed by atoms with E-state index in [0.717, 1.165) is 4.42 Å². The van der Waals surface area contributed by atoms with Gasteiger partial charge in [-0.1, -0.05) is 0 Å². The number of hydrogen-bond acceptors (Lipinski definition) is 3. The summed E-state index contributed by atoms with van der Waals surface area (Å²) >= 11 is 5.22. The minimum atomic E-state index is -0.714. The van der Waals surface area contributed by atoms with Crippen LogP contribution in [-0.4, -0.2) is 17.0 Å². The highest BCUT2D eigenvalue weighted by atomic mass is 35.5. The smallest absolute Gasteiger partial charge is 0.245 e. The van der Waals surface area contributed by atoms with E-state index in [1.165, 1.54) is 0 Å². The second-order valence-corrected chi connectivity index (χ2v) is 1.59. The normalized spacial score (nSPS) is 8.22. The van der Waals surface area contributed by atoms with Crippen molar-refractivity contribution in [1.82, 2.24) is 9.84 Å². The lowest BCUT2D eigenvalue weighted by atomic mass is 10.7. The van der Waals surface area contributed by atoms with E-state index in [9.17, 15) is 9.70 Å². The lowest BCUT2D eigenvalue weighted by Crippen LogP contribution is -2.29. The lowest BCUT2D eigenvalue weighted by molar-refractivity contribution is 0.226. The quantitative estimate of drug-likeness (QED) is 0.361. The Labute approximate surface area is 57.0 Å².